The van der Waals surface area contributed by atoms with Gasteiger partial charge in [0.25, 0.3) is 0 Å². The lowest BCUT2D eigenvalue weighted by Gasteiger charge is -2.35. The van der Waals surface area contributed by atoms with Gasteiger partial charge in [0.2, 0.25) is 5.91 Å². The summed E-state index contributed by atoms with van der Waals surface area (Å²) in [7, 11) is 0. The van der Waals surface area contributed by atoms with E-state index in [2.05, 4.69) is 4.90 Å². The van der Waals surface area contributed by atoms with Crippen molar-refractivity contribution >= 4 is 17.2 Å². The van der Waals surface area contributed by atoms with Gasteiger partial charge in [-0.05, 0) is 17.0 Å². The number of β-amino-alcohol motifs (C(OH)–C–C–N with tert-alkyl or cyclic N) is 1. The fourth-order valence-corrected chi connectivity index (χ4v) is 3.58. The van der Waals surface area contributed by atoms with Crippen LogP contribution in [0.3, 0.4) is 0 Å². The molecule has 0 unspecified atom stereocenters. The Balaban J connectivity index is 1.45. The molecular formula is C18H22N2O2S. The number of aliphatic hydroxyl groups is 1. The second-order valence-electron chi connectivity index (χ2n) is 5.87. The molecule has 1 aromatic carbocycles. The number of thiophene rings is 1. The highest BCUT2D eigenvalue weighted by Crippen LogP contribution is 2.20. The molecule has 23 heavy (non-hydrogen) atoms. The minimum absolute atomic E-state index is 0.189. The third kappa shape index (κ3) is 4.41. The van der Waals surface area contributed by atoms with Crippen LogP contribution < -0.4 is 0 Å². The Labute approximate surface area is 141 Å². The molecule has 1 aliphatic heterocycles. The number of hydrogen-bond acceptors (Lipinski definition) is 4. The van der Waals surface area contributed by atoms with E-state index in [9.17, 15) is 9.90 Å². The average molecular weight is 330 g/mol. The Morgan fingerprint density at radius 1 is 1.09 bits per heavy atom. The van der Waals surface area contributed by atoms with E-state index in [-0.39, 0.29) is 5.91 Å². The number of carbonyl (C=O) groups is 1. The van der Waals surface area contributed by atoms with Gasteiger partial charge in [-0.2, -0.15) is 0 Å². The molecule has 0 spiro atoms. The molecule has 0 aliphatic carbocycles. The molecule has 3 rings (SSSR count). The smallest absolute Gasteiger partial charge is 0.227 e. The Bertz CT molecular complexity index is 607. The minimum atomic E-state index is -0.429. The predicted octanol–water partition coefficient (Wildman–Crippen LogP) is 2.17. The van der Waals surface area contributed by atoms with Crippen LogP contribution in [0.5, 0.6) is 0 Å². The van der Waals surface area contributed by atoms with Crippen LogP contribution in [0.25, 0.3) is 0 Å². The van der Waals surface area contributed by atoms with Crippen LogP contribution in [-0.4, -0.2) is 53.5 Å². The normalized spacial score (nSPS) is 17.2. The zero-order valence-electron chi connectivity index (χ0n) is 13.1. The van der Waals surface area contributed by atoms with Crippen LogP contribution in [0.15, 0.2) is 47.8 Å². The third-order valence-corrected chi connectivity index (χ3v) is 5.20. The summed E-state index contributed by atoms with van der Waals surface area (Å²) >= 11 is 1.59. The molecule has 122 valence electrons. The Morgan fingerprint density at radius 2 is 1.83 bits per heavy atom. The summed E-state index contributed by atoms with van der Waals surface area (Å²) in [6.07, 6.45) is 0.0418. The van der Waals surface area contributed by atoms with Gasteiger partial charge in [-0.15, -0.1) is 11.3 Å². The fourth-order valence-electron chi connectivity index (χ4n) is 2.88. The number of aliphatic hydroxyl groups excluding tert-OH is 1. The number of carbonyl (C=O) groups excluding carboxylic acids is 1. The van der Waals surface area contributed by atoms with Gasteiger partial charge in [0.15, 0.2) is 0 Å². The molecule has 2 aromatic rings. The molecule has 5 heteroatoms. The highest BCUT2D eigenvalue weighted by molar-refractivity contribution is 7.10. The van der Waals surface area contributed by atoms with E-state index in [0.717, 1.165) is 36.6 Å². The highest BCUT2D eigenvalue weighted by atomic mass is 32.1. The maximum Gasteiger partial charge on any atom is 0.227 e. The van der Waals surface area contributed by atoms with Crippen LogP contribution in [0.2, 0.25) is 0 Å². The van der Waals surface area contributed by atoms with Crippen molar-refractivity contribution in [1.82, 2.24) is 9.80 Å². The van der Waals surface area contributed by atoms with Crippen molar-refractivity contribution in [2.45, 2.75) is 12.5 Å². The summed E-state index contributed by atoms with van der Waals surface area (Å²) in [4.78, 5) is 17.5. The zero-order chi connectivity index (χ0) is 16.1. The molecule has 4 nitrogen and oxygen atoms in total. The fraction of sp³-hybridized carbons (Fsp3) is 0.389. The number of piperazine rings is 1. The number of hydrogen-bond donors (Lipinski definition) is 1. The third-order valence-electron chi connectivity index (χ3n) is 4.23. The van der Waals surface area contributed by atoms with Crippen molar-refractivity contribution in [3.8, 4) is 0 Å². The first-order chi connectivity index (χ1) is 11.2. The average Bonchev–Trinajstić information content (AvgIpc) is 3.11. The van der Waals surface area contributed by atoms with Crippen molar-refractivity contribution in [2.24, 2.45) is 0 Å². The molecule has 1 atom stereocenters. The molecule has 1 aliphatic rings. The van der Waals surface area contributed by atoms with E-state index in [1.807, 2.05) is 52.7 Å². The second kappa shape index (κ2) is 7.73. The second-order valence-corrected chi connectivity index (χ2v) is 6.85. The minimum Gasteiger partial charge on any atom is -0.386 e. The Hall–Kier alpha value is -1.69. The van der Waals surface area contributed by atoms with E-state index < -0.39 is 6.10 Å². The van der Waals surface area contributed by atoms with E-state index in [1.165, 1.54) is 0 Å². The summed E-state index contributed by atoms with van der Waals surface area (Å²) in [5.41, 5.74) is 1.06. The molecule has 0 bridgehead atoms. The SMILES string of the molecule is O=C(Cc1ccccc1)N1CCN(C[C@@H](O)c2cccs2)CC1. The predicted molar refractivity (Wildman–Crippen MR) is 92.4 cm³/mol. The van der Waals surface area contributed by atoms with Gasteiger partial charge >= 0.3 is 0 Å². The number of rotatable bonds is 5. The molecule has 0 radical (unpaired) electrons. The summed E-state index contributed by atoms with van der Waals surface area (Å²) in [6, 6.07) is 13.8. The van der Waals surface area contributed by atoms with Gasteiger partial charge in [0, 0.05) is 37.6 Å². The first-order valence-corrected chi connectivity index (χ1v) is 8.86. The standard InChI is InChI=1S/C18H22N2O2S/c21-16(17-7-4-12-23-17)14-19-8-10-20(11-9-19)18(22)13-15-5-2-1-3-6-15/h1-7,12,16,21H,8-11,13-14H2/t16-/m1/s1. The van der Waals surface area contributed by atoms with Crippen molar-refractivity contribution in [1.29, 1.82) is 0 Å². The highest BCUT2D eigenvalue weighted by Gasteiger charge is 2.23. The summed E-state index contributed by atoms with van der Waals surface area (Å²) in [5, 5.41) is 12.2. The summed E-state index contributed by atoms with van der Waals surface area (Å²) in [5.74, 6) is 0.189. The molecule has 1 saturated heterocycles. The van der Waals surface area contributed by atoms with Crippen molar-refractivity contribution < 1.29 is 9.90 Å². The quantitative estimate of drug-likeness (QED) is 0.914. The monoisotopic (exact) mass is 330 g/mol. The number of amides is 1. The van der Waals surface area contributed by atoms with Gasteiger partial charge in [-0.25, -0.2) is 0 Å². The van der Waals surface area contributed by atoms with Gasteiger partial charge in [-0.1, -0.05) is 36.4 Å². The lowest BCUT2D eigenvalue weighted by atomic mass is 10.1. The molecule has 2 heterocycles. The van der Waals surface area contributed by atoms with Crippen LogP contribution in [0.1, 0.15) is 16.5 Å². The van der Waals surface area contributed by atoms with E-state index in [0.29, 0.717) is 13.0 Å². The van der Waals surface area contributed by atoms with Crippen LogP contribution >= 0.6 is 11.3 Å². The Morgan fingerprint density at radius 3 is 2.48 bits per heavy atom. The van der Waals surface area contributed by atoms with Crippen molar-refractivity contribution in [2.75, 3.05) is 32.7 Å². The largest absolute Gasteiger partial charge is 0.386 e. The molecule has 1 N–H and O–H groups in total. The number of benzene rings is 1. The van der Waals surface area contributed by atoms with Crippen LogP contribution in [-0.2, 0) is 11.2 Å². The zero-order valence-corrected chi connectivity index (χ0v) is 13.9. The van der Waals surface area contributed by atoms with Gasteiger partial charge in [0.05, 0.1) is 6.42 Å². The van der Waals surface area contributed by atoms with E-state index in [4.69, 9.17) is 0 Å². The Kier molecular flexibility index (Phi) is 5.43. The van der Waals surface area contributed by atoms with Crippen molar-refractivity contribution in [3.05, 3.63) is 58.3 Å². The van der Waals surface area contributed by atoms with Crippen LogP contribution in [0, 0.1) is 0 Å². The van der Waals surface area contributed by atoms with Crippen molar-refractivity contribution in [3.63, 3.8) is 0 Å². The molecule has 0 saturated carbocycles. The molecule has 1 fully saturated rings. The lowest BCUT2D eigenvalue weighted by Crippen LogP contribution is -2.49. The summed E-state index contributed by atoms with van der Waals surface area (Å²) in [6.45, 7) is 3.76. The first kappa shape index (κ1) is 16.2. The molecule has 1 amide bonds. The maximum absolute atomic E-state index is 12.3. The first-order valence-electron chi connectivity index (χ1n) is 7.98. The van der Waals surface area contributed by atoms with Gasteiger partial charge in [0.1, 0.15) is 6.10 Å². The number of nitrogens with zero attached hydrogens (tertiary/aromatic N) is 2. The lowest BCUT2D eigenvalue weighted by molar-refractivity contribution is -0.132. The van der Waals surface area contributed by atoms with E-state index in [1.54, 1.807) is 11.3 Å². The van der Waals surface area contributed by atoms with Gasteiger partial charge in [-0.3, -0.25) is 9.69 Å². The summed E-state index contributed by atoms with van der Waals surface area (Å²) < 4.78 is 0. The van der Waals surface area contributed by atoms with Gasteiger partial charge < -0.3 is 10.0 Å². The molecular weight excluding hydrogens is 308 g/mol. The maximum atomic E-state index is 12.3. The van der Waals surface area contributed by atoms with E-state index >= 15 is 0 Å². The molecule has 1 aromatic heterocycles. The topological polar surface area (TPSA) is 43.8 Å². The van der Waals surface area contributed by atoms with Crippen LogP contribution in [0.4, 0.5) is 0 Å².